The molecule has 6 nitrogen and oxygen atoms in total. The molecule has 3 aromatic heterocycles. The van der Waals surface area contributed by atoms with Crippen molar-refractivity contribution in [3.63, 3.8) is 0 Å². The summed E-state index contributed by atoms with van der Waals surface area (Å²) in [5, 5.41) is 33.0. The molecule has 0 atom stereocenters. The Bertz CT molecular complexity index is 2600. The van der Waals surface area contributed by atoms with Gasteiger partial charge < -0.3 is 4.57 Å². The molecular formula is C38H20N6. The van der Waals surface area contributed by atoms with Crippen molar-refractivity contribution in [2.24, 2.45) is 0 Å². The van der Waals surface area contributed by atoms with Crippen LogP contribution in [0.1, 0.15) is 16.7 Å². The number of rotatable bonds is 3. The summed E-state index contributed by atoms with van der Waals surface area (Å²) in [6.07, 6.45) is 1.89. The van der Waals surface area contributed by atoms with Gasteiger partial charge in [0, 0.05) is 27.1 Å². The van der Waals surface area contributed by atoms with E-state index in [9.17, 15) is 15.8 Å². The number of fused-ring (bicyclic) bond motifs is 6. The fourth-order valence-electron chi connectivity index (χ4n) is 6.32. The van der Waals surface area contributed by atoms with Crippen LogP contribution in [-0.2, 0) is 0 Å². The normalized spacial score (nSPS) is 11.1. The summed E-state index contributed by atoms with van der Waals surface area (Å²) in [4.78, 5) is 5.06. The Morgan fingerprint density at radius 1 is 0.477 bits per heavy atom. The van der Waals surface area contributed by atoms with Crippen molar-refractivity contribution in [2.75, 3.05) is 0 Å². The number of aromatic nitrogens is 3. The minimum absolute atomic E-state index is 0.564. The standard InChI is InChI=1S/C38H20N6/c39-20-24-6-5-7-27(16-24)30-19-38(44-34-11-4-2-9-29(34)32-18-26(22-41)13-15-36(32)44)42-23-37(30)43-33-10-3-1-8-28(33)31-17-25(21-40)12-14-35(31)43/h1-19,23H. The number of benzene rings is 5. The zero-order valence-electron chi connectivity index (χ0n) is 23.2. The molecule has 3 heterocycles. The minimum atomic E-state index is 0.564. The first-order valence-corrected chi connectivity index (χ1v) is 14.1. The first kappa shape index (κ1) is 25.1. The molecule has 44 heavy (non-hydrogen) atoms. The summed E-state index contributed by atoms with van der Waals surface area (Å²) in [5.74, 6) is 0.717. The zero-order valence-corrected chi connectivity index (χ0v) is 23.2. The van der Waals surface area contributed by atoms with E-state index in [1.165, 1.54) is 0 Å². The SMILES string of the molecule is N#Cc1cccc(-c2cc(-n3c4ccccc4c4cc(C#N)ccc43)ncc2-n2c3ccccc3c3cc(C#N)ccc32)c1. The summed E-state index contributed by atoms with van der Waals surface area (Å²) < 4.78 is 4.31. The monoisotopic (exact) mass is 560 g/mol. The van der Waals surface area contributed by atoms with E-state index in [2.05, 4.69) is 57.7 Å². The maximum absolute atomic E-state index is 9.76. The number of pyridine rings is 1. The van der Waals surface area contributed by atoms with Crippen molar-refractivity contribution >= 4 is 43.6 Å². The third-order valence-corrected chi connectivity index (χ3v) is 8.24. The Kier molecular flexibility index (Phi) is 5.53. The second kappa shape index (κ2) is 9.71. The smallest absolute Gasteiger partial charge is 0.138 e. The average molecular weight is 561 g/mol. The van der Waals surface area contributed by atoms with Gasteiger partial charge in [0.2, 0.25) is 0 Å². The largest absolute Gasteiger partial charge is 0.307 e. The lowest BCUT2D eigenvalue weighted by molar-refractivity contribution is 1.06. The molecule has 0 unspecified atom stereocenters. The summed E-state index contributed by atoms with van der Waals surface area (Å²) in [6.45, 7) is 0. The third-order valence-electron chi connectivity index (χ3n) is 8.24. The highest BCUT2D eigenvalue weighted by molar-refractivity contribution is 6.11. The second-order valence-corrected chi connectivity index (χ2v) is 10.6. The van der Waals surface area contributed by atoms with Gasteiger partial charge in [0.05, 0.1) is 68.8 Å². The Morgan fingerprint density at radius 2 is 1.02 bits per heavy atom. The van der Waals surface area contributed by atoms with Crippen LogP contribution in [0.2, 0.25) is 0 Å². The average Bonchev–Trinajstić information content (AvgIpc) is 3.60. The number of hydrogen-bond donors (Lipinski definition) is 0. The predicted molar refractivity (Wildman–Crippen MR) is 172 cm³/mol. The summed E-state index contributed by atoms with van der Waals surface area (Å²) in [6, 6.07) is 44.2. The molecule has 202 valence electrons. The molecule has 5 aromatic carbocycles. The van der Waals surface area contributed by atoms with Crippen LogP contribution in [0, 0.1) is 34.0 Å². The Morgan fingerprint density at radius 3 is 1.66 bits per heavy atom. The molecule has 0 aliphatic heterocycles. The molecular weight excluding hydrogens is 540 g/mol. The fraction of sp³-hybridized carbons (Fsp3) is 0. The van der Waals surface area contributed by atoms with E-state index < -0.39 is 0 Å². The van der Waals surface area contributed by atoms with Gasteiger partial charge in [-0.25, -0.2) is 4.98 Å². The van der Waals surface area contributed by atoms with E-state index >= 15 is 0 Å². The molecule has 0 spiro atoms. The Hall–Kier alpha value is -6.68. The lowest BCUT2D eigenvalue weighted by Gasteiger charge is -2.16. The summed E-state index contributed by atoms with van der Waals surface area (Å²) in [7, 11) is 0. The first-order chi connectivity index (χ1) is 21.7. The topological polar surface area (TPSA) is 94.1 Å². The highest BCUT2D eigenvalue weighted by Crippen LogP contribution is 2.39. The van der Waals surface area contributed by atoms with Crippen LogP contribution in [-0.4, -0.2) is 14.1 Å². The molecule has 0 saturated heterocycles. The van der Waals surface area contributed by atoms with Crippen LogP contribution >= 0.6 is 0 Å². The second-order valence-electron chi connectivity index (χ2n) is 10.6. The van der Waals surface area contributed by atoms with Crippen molar-refractivity contribution in [3.8, 4) is 40.8 Å². The van der Waals surface area contributed by atoms with Crippen LogP contribution < -0.4 is 0 Å². The number of nitrogens with zero attached hydrogens (tertiary/aromatic N) is 6. The van der Waals surface area contributed by atoms with Gasteiger partial charge in [-0.15, -0.1) is 0 Å². The van der Waals surface area contributed by atoms with E-state index in [0.717, 1.165) is 66.2 Å². The quantitative estimate of drug-likeness (QED) is 0.216. The van der Waals surface area contributed by atoms with Crippen molar-refractivity contribution in [2.45, 2.75) is 0 Å². The molecule has 0 amide bonds. The molecule has 0 bridgehead atoms. The summed E-state index contributed by atoms with van der Waals surface area (Å²) >= 11 is 0. The van der Waals surface area contributed by atoms with E-state index in [1.54, 1.807) is 6.07 Å². The van der Waals surface area contributed by atoms with Crippen molar-refractivity contribution in [1.82, 2.24) is 14.1 Å². The molecule has 6 heteroatoms. The van der Waals surface area contributed by atoms with Crippen LogP contribution in [0.25, 0.3) is 66.2 Å². The minimum Gasteiger partial charge on any atom is -0.307 e. The van der Waals surface area contributed by atoms with Gasteiger partial charge >= 0.3 is 0 Å². The van der Waals surface area contributed by atoms with E-state index in [1.807, 2.05) is 85.1 Å². The molecule has 0 radical (unpaired) electrons. The predicted octanol–water partition coefficient (Wildman–Crippen LogP) is 8.56. The van der Waals surface area contributed by atoms with Crippen molar-refractivity contribution < 1.29 is 0 Å². The van der Waals surface area contributed by atoms with E-state index in [-0.39, 0.29) is 0 Å². The van der Waals surface area contributed by atoms with Gasteiger partial charge in [-0.3, -0.25) is 4.57 Å². The van der Waals surface area contributed by atoms with Crippen LogP contribution in [0.5, 0.6) is 0 Å². The van der Waals surface area contributed by atoms with Crippen LogP contribution in [0.4, 0.5) is 0 Å². The number of hydrogen-bond acceptors (Lipinski definition) is 4. The van der Waals surface area contributed by atoms with Gasteiger partial charge in [-0.05, 0) is 72.3 Å². The third kappa shape index (κ3) is 3.68. The van der Waals surface area contributed by atoms with Gasteiger partial charge in [0.25, 0.3) is 0 Å². The zero-order chi connectivity index (χ0) is 29.8. The van der Waals surface area contributed by atoms with Gasteiger partial charge in [0.1, 0.15) is 5.82 Å². The molecule has 0 aliphatic carbocycles. The molecule has 8 aromatic rings. The molecule has 0 saturated carbocycles. The van der Waals surface area contributed by atoms with Crippen LogP contribution in [0.3, 0.4) is 0 Å². The highest BCUT2D eigenvalue weighted by Gasteiger charge is 2.20. The molecule has 0 N–H and O–H groups in total. The molecule has 0 aliphatic rings. The van der Waals surface area contributed by atoms with Crippen molar-refractivity contribution in [1.29, 1.82) is 15.8 Å². The van der Waals surface area contributed by atoms with Crippen LogP contribution in [0.15, 0.2) is 121 Å². The Labute approximate surface area is 252 Å². The Balaban J connectivity index is 1.47. The maximum Gasteiger partial charge on any atom is 0.138 e. The fourth-order valence-corrected chi connectivity index (χ4v) is 6.32. The molecule has 0 fully saturated rings. The first-order valence-electron chi connectivity index (χ1n) is 14.1. The summed E-state index contributed by atoms with van der Waals surface area (Å²) in [5.41, 5.74) is 8.28. The number of nitriles is 3. The van der Waals surface area contributed by atoms with E-state index in [4.69, 9.17) is 4.98 Å². The molecule has 8 rings (SSSR count). The lowest BCUT2D eigenvalue weighted by Crippen LogP contribution is -2.03. The van der Waals surface area contributed by atoms with E-state index in [0.29, 0.717) is 16.7 Å². The van der Waals surface area contributed by atoms with Gasteiger partial charge in [-0.2, -0.15) is 15.8 Å². The van der Waals surface area contributed by atoms with Crippen molar-refractivity contribution in [3.05, 3.63) is 138 Å². The number of para-hydroxylation sites is 2. The maximum atomic E-state index is 9.76. The highest BCUT2D eigenvalue weighted by atomic mass is 15.1. The lowest BCUT2D eigenvalue weighted by atomic mass is 10.0. The van der Waals surface area contributed by atoms with Gasteiger partial charge in [0.15, 0.2) is 0 Å². The van der Waals surface area contributed by atoms with Gasteiger partial charge in [-0.1, -0.05) is 48.5 Å².